The van der Waals surface area contributed by atoms with Crippen LogP contribution >= 0.6 is 0 Å². The number of rotatable bonds is 4. The third-order valence-electron chi connectivity index (χ3n) is 5.29. The smallest absolute Gasteiger partial charge is 0.133 e. The van der Waals surface area contributed by atoms with Crippen LogP contribution in [0.3, 0.4) is 0 Å². The molecule has 1 saturated heterocycles. The minimum atomic E-state index is 0.633. The molecule has 0 aliphatic carbocycles. The van der Waals surface area contributed by atoms with Crippen molar-refractivity contribution in [3.05, 3.63) is 41.9 Å². The highest BCUT2D eigenvalue weighted by atomic mass is 16.5. The lowest BCUT2D eigenvalue weighted by molar-refractivity contribution is 0.0328. The van der Waals surface area contributed by atoms with E-state index in [1.807, 2.05) is 23.1 Å². The molecule has 4 rings (SSSR count). The van der Waals surface area contributed by atoms with Gasteiger partial charge in [-0.1, -0.05) is 6.07 Å². The molecule has 134 valence electrons. The molecule has 0 bridgehead atoms. The molecule has 0 unspecified atom stereocenters. The Balaban J connectivity index is 1.53. The zero-order valence-corrected chi connectivity index (χ0v) is 15.0. The quantitative estimate of drug-likeness (QED) is 0.852. The summed E-state index contributed by atoms with van der Waals surface area (Å²) in [7, 11) is 0. The van der Waals surface area contributed by atoms with Crippen LogP contribution in [0, 0.1) is 6.92 Å². The van der Waals surface area contributed by atoms with Gasteiger partial charge in [0.15, 0.2) is 0 Å². The number of pyridine rings is 1. The standard InChI is InChI=1S/C19H27N5O/c1-16-3-4-17-15-23(18-5-13-25-14-6-18)10-9-22(19(17)21-16)11-12-24-8-2-7-20-24/h2-4,7-8,18H,5-6,9-15H2,1H3. The number of hydrogen-bond donors (Lipinski definition) is 0. The van der Waals surface area contributed by atoms with Crippen molar-refractivity contribution >= 4 is 5.82 Å². The van der Waals surface area contributed by atoms with Crippen molar-refractivity contribution in [2.24, 2.45) is 0 Å². The maximum atomic E-state index is 5.55. The van der Waals surface area contributed by atoms with Gasteiger partial charge in [0, 0.05) is 69.1 Å². The summed E-state index contributed by atoms with van der Waals surface area (Å²) in [5.41, 5.74) is 2.43. The third kappa shape index (κ3) is 3.85. The highest BCUT2D eigenvalue weighted by Gasteiger charge is 2.27. The molecule has 2 aromatic heterocycles. The zero-order chi connectivity index (χ0) is 17.1. The van der Waals surface area contributed by atoms with E-state index >= 15 is 0 Å². The summed E-state index contributed by atoms with van der Waals surface area (Å²) in [5.74, 6) is 1.15. The van der Waals surface area contributed by atoms with Crippen LogP contribution in [0.15, 0.2) is 30.6 Å². The molecule has 2 aliphatic heterocycles. The van der Waals surface area contributed by atoms with Crippen molar-refractivity contribution < 1.29 is 4.74 Å². The van der Waals surface area contributed by atoms with Crippen molar-refractivity contribution in [3.8, 4) is 0 Å². The molecule has 0 aromatic carbocycles. The summed E-state index contributed by atoms with van der Waals surface area (Å²) in [6.07, 6.45) is 6.15. The van der Waals surface area contributed by atoms with Crippen molar-refractivity contribution in [3.63, 3.8) is 0 Å². The SMILES string of the molecule is Cc1ccc2c(n1)N(CCn1cccn1)CCN(C1CCOCC1)C2. The first-order chi connectivity index (χ1) is 12.3. The molecule has 2 aromatic rings. The number of hydrogen-bond acceptors (Lipinski definition) is 5. The van der Waals surface area contributed by atoms with Gasteiger partial charge in [0.25, 0.3) is 0 Å². The fourth-order valence-electron chi connectivity index (χ4n) is 3.86. The third-order valence-corrected chi connectivity index (χ3v) is 5.29. The van der Waals surface area contributed by atoms with E-state index in [0.717, 1.165) is 70.3 Å². The highest BCUT2D eigenvalue weighted by molar-refractivity contribution is 5.48. The number of nitrogens with zero attached hydrogens (tertiary/aromatic N) is 5. The van der Waals surface area contributed by atoms with E-state index in [1.165, 1.54) is 5.56 Å². The fraction of sp³-hybridized carbons (Fsp3) is 0.579. The average molecular weight is 341 g/mol. The minimum absolute atomic E-state index is 0.633. The molecule has 0 N–H and O–H groups in total. The van der Waals surface area contributed by atoms with Crippen LogP contribution in [0.25, 0.3) is 0 Å². The Morgan fingerprint density at radius 3 is 2.84 bits per heavy atom. The van der Waals surface area contributed by atoms with E-state index in [-0.39, 0.29) is 0 Å². The maximum absolute atomic E-state index is 5.55. The second-order valence-electron chi connectivity index (χ2n) is 7.01. The summed E-state index contributed by atoms with van der Waals surface area (Å²) in [4.78, 5) is 9.94. The van der Waals surface area contributed by atoms with Crippen LogP contribution < -0.4 is 4.90 Å². The Morgan fingerprint density at radius 1 is 1.16 bits per heavy atom. The molecule has 0 spiro atoms. The molecule has 0 radical (unpaired) electrons. The Labute approximate surface area is 149 Å². The fourth-order valence-corrected chi connectivity index (χ4v) is 3.86. The predicted octanol–water partition coefficient (Wildman–Crippen LogP) is 2.09. The van der Waals surface area contributed by atoms with Crippen LogP contribution in [0.2, 0.25) is 0 Å². The van der Waals surface area contributed by atoms with E-state index in [2.05, 4.69) is 34.0 Å². The minimum Gasteiger partial charge on any atom is -0.381 e. The van der Waals surface area contributed by atoms with Gasteiger partial charge in [0.1, 0.15) is 5.82 Å². The normalized spacial score (nSPS) is 19.6. The Hall–Kier alpha value is -1.92. The molecule has 1 fully saturated rings. The molecular weight excluding hydrogens is 314 g/mol. The molecule has 25 heavy (non-hydrogen) atoms. The van der Waals surface area contributed by atoms with E-state index in [9.17, 15) is 0 Å². The maximum Gasteiger partial charge on any atom is 0.133 e. The monoisotopic (exact) mass is 341 g/mol. The average Bonchev–Trinajstić information content (AvgIpc) is 3.09. The first kappa shape index (κ1) is 16.5. The molecule has 2 aliphatic rings. The summed E-state index contributed by atoms with van der Waals surface area (Å²) >= 11 is 0. The topological polar surface area (TPSA) is 46.4 Å². The number of anilines is 1. The van der Waals surface area contributed by atoms with Crippen LogP contribution in [0.5, 0.6) is 0 Å². The molecule has 4 heterocycles. The zero-order valence-electron chi connectivity index (χ0n) is 15.0. The van der Waals surface area contributed by atoms with E-state index in [4.69, 9.17) is 9.72 Å². The van der Waals surface area contributed by atoms with E-state index in [1.54, 1.807) is 0 Å². The highest BCUT2D eigenvalue weighted by Crippen LogP contribution is 2.26. The lowest BCUT2D eigenvalue weighted by Gasteiger charge is -2.33. The van der Waals surface area contributed by atoms with Gasteiger partial charge in [-0.15, -0.1) is 0 Å². The second kappa shape index (κ2) is 7.54. The summed E-state index contributed by atoms with van der Waals surface area (Å²) < 4.78 is 7.55. The van der Waals surface area contributed by atoms with Crippen molar-refractivity contribution in [2.45, 2.75) is 38.9 Å². The largest absolute Gasteiger partial charge is 0.381 e. The van der Waals surface area contributed by atoms with Gasteiger partial charge in [0.2, 0.25) is 0 Å². The molecular formula is C19H27N5O. The van der Waals surface area contributed by atoms with Crippen LogP contribution in [-0.4, -0.2) is 58.6 Å². The molecule has 0 amide bonds. The van der Waals surface area contributed by atoms with Gasteiger partial charge in [-0.3, -0.25) is 9.58 Å². The number of aromatic nitrogens is 3. The number of fused-ring (bicyclic) bond motifs is 1. The van der Waals surface area contributed by atoms with Gasteiger partial charge in [-0.2, -0.15) is 5.10 Å². The van der Waals surface area contributed by atoms with Gasteiger partial charge in [-0.05, 0) is 31.9 Å². The first-order valence-corrected chi connectivity index (χ1v) is 9.30. The molecule has 6 nitrogen and oxygen atoms in total. The molecule has 0 saturated carbocycles. The first-order valence-electron chi connectivity index (χ1n) is 9.30. The van der Waals surface area contributed by atoms with Crippen molar-refractivity contribution in [1.29, 1.82) is 0 Å². The van der Waals surface area contributed by atoms with Gasteiger partial charge in [-0.25, -0.2) is 4.98 Å². The predicted molar refractivity (Wildman–Crippen MR) is 97.7 cm³/mol. The number of ether oxygens (including phenoxy) is 1. The second-order valence-corrected chi connectivity index (χ2v) is 7.01. The number of aryl methyl sites for hydroxylation is 1. The summed E-state index contributed by atoms with van der Waals surface area (Å²) in [6.45, 7) is 8.78. The Morgan fingerprint density at radius 2 is 2.04 bits per heavy atom. The lowest BCUT2D eigenvalue weighted by Crippen LogP contribution is -2.41. The van der Waals surface area contributed by atoms with Gasteiger partial charge in [0.05, 0.1) is 6.54 Å². The van der Waals surface area contributed by atoms with Crippen molar-refractivity contribution in [2.75, 3.05) is 37.7 Å². The van der Waals surface area contributed by atoms with Crippen LogP contribution in [-0.2, 0) is 17.8 Å². The Kier molecular flexibility index (Phi) is 4.99. The summed E-state index contributed by atoms with van der Waals surface area (Å²) in [5, 5.41) is 4.33. The van der Waals surface area contributed by atoms with Gasteiger partial charge >= 0.3 is 0 Å². The molecule has 6 heteroatoms. The van der Waals surface area contributed by atoms with Crippen LogP contribution in [0.4, 0.5) is 5.82 Å². The van der Waals surface area contributed by atoms with Crippen LogP contribution in [0.1, 0.15) is 24.1 Å². The van der Waals surface area contributed by atoms with E-state index in [0.29, 0.717) is 6.04 Å². The lowest BCUT2D eigenvalue weighted by atomic mass is 10.1. The molecule has 0 atom stereocenters. The Bertz CT molecular complexity index is 681. The van der Waals surface area contributed by atoms with E-state index < -0.39 is 0 Å². The van der Waals surface area contributed by atoms with Crippen molar-refractivity contribution in [1.82, 2.24) is 19.7 Å². The van der Waals surface area contributed by atoms with Gasteiger partial charge < -0.3 is 9.64 Å². The summed E-state index contributed by atoms with van der Waals surface area (Å²) in [6, 6.07) is 7.01.